The molecular weight excluding hydrogens is 150 g/mol. The molecule has 0 spiro atoms. The molecule has 57 valence electrons. The van der Waals surface area contributed by atoms with Crippen LogP contribution in [-0.4, -0.2) is 14.2 Å². The van der Waals surface area contributed by atoms with E-state index < -0.39 is 9.84 Å². The van der Waals surface area contributed by atoms with Crippen LogP contribution in [0, 0.1) is 5.37 Å². The van der Waals surface area contributed by atoms with Crippen molar-refractivity contribution in [2.24, 2.45) is 5.73 Å². The zero-order valence-corrected chi connectivity index (χ0v) is 6.39. The van der Waals surface area contributed by atoms with E-state index in [2.05, 4.69) is 13.2 Å². The van der Waals surface area contributed by atoms with Crippen molar-refractivity contribution in [2.75, 3.05) is 5.75 Å². The third-order valence-corrected chi connectivity index (χ3v) is 2.46. The summed E-state index contributed by atoms with van der Waals surface area (Å²) in [5.41, 5.74) is 5.10. The number of hydrogen-bond donors (Lipinski definition) is 1. The molecule has 0 aromatic carbocycles. The van der Waals surface area contributed by atoms with Crippen molar-refractivity contribution in [3.05, 3.63) is 30.7 Å². The first-order valence-electron chi connectivity index (χ1n) is 2.63. The third-order valence-electron chi connectivity index (χ3n) is 0.898. The minimum atomic E-state index is -3.30. The Morgan fingerprint density at radius 3 is 2.30 bits per heavy atom. The maximum absolute atomic E-state index is 10.9. The Morgan fingerprint density at radius 2 is 2.00 bits per heavy atom. The van der Waals surface area contributed by atoms with E-state index in [4.69, 9.17) is 5.73 Å². The van der Waals surface area contributed by atoms with Crippen molar-refractivity contribution in [1.29, 1.82) is 0 Å². The lowest BCUT2D eigenvalue weighted by molar-refractivity contribution is 0.600. The summed E-state index contributed by atoms with van der Waals surface area (Å²) in [7, 11) is -3.30. The fourth-order valence-corrected chi connectivity index (χ4v) is 1.14. The summed E-state index contributed by atoms with van der Waals surface area (Å²) in [6.45, 7) is 6.51. The van der Waals surface area contributed by atoms with Gasteiger partial charge in [0.05, 0.1) is 5.75 Å². The van der Waals surface area contributed by atoms with E-state index >= 15 is 0 Å². The number of rotatable bonds is 4. The van der Waals surface area contributed by atoms with Crippen LogP contribution >= 0.6 is 0 Å². The standard InChI is InChI=1S/C6H10NO2S/c1-3-5-10(8,9)6(7)4-2/h3-4H,1-2,5,7H2. The Kier molecular flexibility index (Phi) is 3.32. The first-order valence-corrected chi connectivity index (χ1v) is 4.28. The molecule has 0 fully saturated rings. The first kappa shape index (κ1) is 9.39. The van der Waals surface area contributed by atoms with E-state index in [-0.39, 0.29) is 11.1 Å². The van der Waals surface area contributed by atoms with Crippen LogP contribution in [0.2, 0.25) is 0 Å². The van der Waals surface area contributed by atoms with E-state index in [0.29, 0.717) is 0 Å². The molecule has 10 heavy (non-hydrogen) atoms. The van der Waals surface area contributed by atoms with Gasteiger partial charge in [0.15, 0.2) is 15.2 Å². The monoisotopic (exact) mass is 160 g/mol. The predicted molar refractivity (Wildman–Crippen MR) is 41.6 cm³/mol. The minimum absolute atomic E-state index is 0.134. The number of nitrogens with two attached hydrogens (primary N) is 1. The molecule has 0 atom stereocenters. The van der Waals surface area contributed by atoms with E-state index in [1.54, 1.807) is 0 Å². The highest BCUT2D eigenvalue weighted by molar-refractivity contribution is 7.94. The largest absolute Gasteiger partial charge is 0.307 e. The minimum Gasteiger partial charge on any atom is -0.307 e. The van der Waals surface area contributed by atoms with Crippen LogP contribution in [0.25, 0.3) is 0 Å². The summed E-state index contributed by atoms with van der Waals surface area (Å²) < 4.78 is 21.7. The lowest BCUT2D eigenvalue weighted by atomic mass is 10.7. The second kappa shape index (κ2) is 3.53. The van der Waals surface area contributed by atoms with Gasteiger partial charge in [0.25, 0.3) is 0 Å². The summed E-state index contributed by atoms with van der Waals surface area (Å²) >= 11 is 0. The van der Waals surface area contributed by atoms with Crippen LogP contribution in [0.5, 0.6) is 0 Å². The van der Waals surface area contributed by atoms with Crippen LogP contribution in [0.1, 0.15) is 0 Å². The van der Waals surface area contributed by atoms with Gasteiger partial charge < -0.3 is 5.73 Å². The van der Waals surface area contributed by atoms with Crippen LogP contribution < -0.4 is 5.73 Å². The zero-order chi connectivity index (χ0) is 8.20. The van der Waals surface area contributed by atoms with E-state index in [1.807, 2.05) is 0 Å². The summed E-state index contributed by atoms with van der Waals surface area (Å²) in [5.74, 6) is -0.134. The molecule has 0 rings (SSSR count). The van der Waals surface area contributed by atoms with Gasteiger partial charge in [-0.25, -0.2) is 8.42 Å². The van der Waals surface area contributed by atoms with Gasteiger partial charge in [-0.3, -0.25) is 0 Å². The molecule has 4 heteroatoms. The molecule has 0 aromatic heterocycles. The second-order valence-corrected chi connectivity index (χ2v) is 3.71. The quantitative estimate of drug-likeness (QED) is 0.598. The summed E-state index contributed by atoms with van der Waals surface area (Å²) in [6, 6.07) is 0. The lowest BCUT2D eigenvalue weighted by Gasteiger charge is -2.02. The maximum atomic E-state index is 10.9. The number of hydrogen-bond acceptors (Lipinski definition) is 3. The molecule has 0 aliphatic heterocycles. The maximum Gasteiger partial charge on any atom is 0.179 e. The van der Waals surface area contributed by atoms with Gasteiger partial charge in [-0.15, -0.1) is 13.2 Å². The molecule has 2 N–H and O–H groups in total. The molecule has 0 saturated heterocycles. The zero-order valence-electron chi connectivity index (χ0n) is 5.58. The Balaban J connectivity index is 4.40. The van der Waals surface area contributed by atoms with Gasteiger partial charge in [-0.2, -0.15) is 0 Å². The highest BCUT2D eigenvalue weighted by Crippen LogP contribution is 2.04. The molecule has 0 aliphatic carbocycles. The van der Waals surface area contributed by atoms with Crippen LogP contribution in [0.4, 0.5) is 0 Å². The van der Waals surface area contributed by atoms with Crippen LogP contribution in [-0.2, 0) is 9.84 Å². The summed E-state index contributed by atoms with van der Waals surface area (Å²) in [4.78, 5) is 0. The van der Waals surface area contributed by atoms with Gasteiger partial charge >= 0.3 is 0 Å². The van der Waals surface area contributed by atoms with Crippen molar-refractivity contribution in [2.45, 2.75) is 0 Å². The molecule has 0 bridgehead atoms. The molecule has 3 nitrogen and oxygen atoms in total. The Bertz CT molecular complexity index is 218. The SMILES string of the molecule is C=CCS(=O)(=O)[C](N)C=C. The Morgan fingerprint density at radius 1 is 1.50 bits per heavy atom. The van der Waals surface area contributed by atoms with Crippen molar-refractivity contribution in [1.82, 2.24) is 0 Å². The van der Waals surface area contributed by atoms with E-state index in [0.717, 1.165) is 6.08 Å². The van der Waals surface area contributed by atoms with Gasteiger partial charge in [0.2, 0.25) is 0 Å². The van der Waals surface area contributed by atoms with Gasteiger partial charge in [-0.1, -0.05) is 12.2 Å². The van der Waals surface area contributed by atoms with E-state index in [9.17, 15) is 8.42 Å². The van der Waals surface area contributed by atoms with Crippen LogP contribution in [0.3, 0.4) is 0 Å². The first-order chi connectivity index (χ1) is 4.54. The average molecular weight is 160 g/mol. The lowest BCUT2D eigenvalue weighted by Crippen LogP contribution is -2.21. The Hall–Kier alpha value is -0.610. The second-order valence-electron chi connectivity index (χ2n) is 1.68. The highest BCUT2D eigenvalue weighted by atomic mass is 32.2. The molecule has 0 amide bonds. The van der Waals surface area contributed by atoms with Crippen LogP contribution in [0.15, 0.2) is 25.3 Å². The molecular formula is C6H10NO2S. The highest BCUT2D eigenvalue weighted by Gasteiger charge is 2.16. The van der Waals surface area contributed by atoms with Gasteiger partial charge in [-0.05, 0) is 0 Å². The molecule has 0 heterocycles. The fourth-order valence-electron chi connectivity index (χ4n) is 0.378. The molecule has 0 aromatic rings. The topological polar surface area (TPSA) is 60.2 Å². The fraction of sp³-hybridized carbons (Fsp3) is 0.167. The Labute approximate surface area is 61.2 Å². The van der Waals surface area contributed by atoms with E-state index in [1.165, 1.54) is 6.08 Å². The summed E-state index contributed by atoms with van der Waals surface area (Å²) in [5, 5.41) is -0.201. The predicted octanol–water partition coefficient (Wildman–Crippen LogP) is 0.221. The van der Waals surface area contributed by atoms with Gasteiger partial charge in [0, 0.05) is 0 Å². The molecule has 0 saturated carbocycles. The van der Waals surface area contributed by atoms with Crippen molar-refractivity contribution in [3.63, 3.8) is 0 Å². The van der Waals surface area contributed by atoms with Crippen molar-refractivity contribution < 1.29 is 8.42 Å². The smallest absolute Gasteiger partial charge is 0.179 e. The molecule has 1 radical (unpaired) electrons. The number of sulfone groups is 1. The van der Waals surface area contributed by atoms with Crippen molar-refractivity contribution >= 4 is 9.84 Å². The van der Waals surface area contributed by atoms with Crippen molar-refractivity contribution in [3.8, 4) is 0 Å². The molecule has 0 aliphatic rings. The third kappa shape index (κ3) is 2.33. The summed E-state index contributed by atoms with van der Waals surface area (Å²) in [6.07, 6.45) is 2.39. The normalized spacial score (nSPS) is 11.4. The average Bonchev–Trinajstić information content (AvgIpc) is 1.86. The van der Waals surface area contributed by atoms with Gasteiger partial charge in [0.1, 0.15) is 0 Å². The molecule has 0 unspecified atom stereocenters.